The van der Waals surface area contributed by atoms with Crippen molar-refractivity contribution in [3.63, 3.8) is 0 Å². The Balaban J connectivity index is 1.75. The number of anilines is 1. The minimum absolute atomic E-state index is 0.194. The summed E-state index contributed by atoms with van der Waals surface area (Å²) in [5, 5.41) is 6.12. The molecule has 0 aliphatic carbocycles. The normalized spacial score (nSPS) is 15.9. The number of carbonyl (C=O) groups is 1. The van der Waals surface area contributed by atoms with Gasteiger partial charge in [0.25, 0.3) is 5.91 Å². The molecule has 1 aliphatic rings. The molecule has 0 unspecified atom stereocenters. The SMILES string of the molecule is O=C1/C(=C\c2cccc3ccccc23)NC(=S)N1c1cccc(Cl)c1. The summed E-state index contributed by atoms with van der Waals surface area (Å²) in [6.45, 7) is 0. The second-order valence-corrected chi connectivity index (χ2v) is 6.50. The Bertz CT molecular complexity index is 1040. The summed E-state index contributed by atoms with van der Waals surface area (Å²) in [5.41, 5.74) is 2.06. The average molecular weight is 365 g/mol. The first kappa shape index (κ1) is 15.8. The predicted molar refractivity (Wildman–Crippen MR) is 107 cm³/mol. The number of thiocarbonyl (C=S) groups is 1. The average Bonchev–Trinajstić information content (AvgIpc) is 2.89. The summed E-state index contributed by atoms with van der Waals surface area (Å²) in [6, 6.07) is 21.1. The molecule has 0 saturated carbocycles. The van der Waals surface area contributed by atoms with Gasteiger partial charge in [-0.1, -0.05) is 60.1 Å². The second kappa shape index (κ2) is 6.31. The lowest BCUT2D eigenvalue weighted by Crippen LogP contribution is -2.30. The zero-order chi connectivity index (χ0) is 17.4. The van der Waals surface area contributed by atoms with Crippen LogP contribution in [0.2, 0.25) is 5.02 Å². The highest BCUT2D eigenvalue weighted by atomic mass is 35.5. The minimum atomic E-state index is -0.194. The van der Waals surface area contributed by atoms with Crippen molar-refractivity contribution in [2.24, 2.45) is 0 Å². The highest BCUT2D eigenvalue weighted by molar-refractivity contribution is 7.80. The van der Waals surface area contributed by atoms with E-state index in [0.717, 1.165) is 16.3 Å². The van der Waals surface area contributed by atoms with E-state index < -0.39 is 0 Å². The molecule has 1 heterocycles. The molecule has 1 aliphatic heterocycles. The lowest BCUT2D eigenvalue weighted by Gasteiger charge is -2.13. The molecule has 3 nitrogen and oxygen atoms in total. The van der Waals surface area contributed by atoms with Crippen LogP contribution < -0.4 is 10.2 Å². The third kappa shape index (κ3) is 2.90. The number of hydrogen-bond donors (Lipinski definition) is 1. The van der Waals surface area contributed by atoms with E-state index in [1.807, 2.05) is 48.5 Å². The molecule has 0 spiro atoms. The molecular weight excluding hydrogens is 352 g/mol. The molecule has 0 atom stereocenters. The Kier molecular flexibility index (Phi) is 3.99. The quantitative estimate of drug-likeness (QED) is 0.526. The van der Waals surface area contributed by atoms with Gasteiger partial charge in [0.05, 0.1) is 5.69 Å². The molecule has 122 valence electrons. The fourth-order valence-corrected chi connectivity index (χ4v) is 3.40. The van der Waals surface area contributed by atoms with Crippen LogP contribution in [0, 0.1) is 0 Å². The van der Waals surface area contributed by atoms with Crippen LogP contribution in [0.25, 0.3) is 16.8 Å². The van der Waals surface area contributed by atoms with E-state index in [4.69, 9.17) is 23.8 Å². The van der Waals surface area contributed by atoms with Crippen molar-refractivity contribution >= 4 is 57.4 Å². The van der Waals surface area contributed by atoms with Gasteiger partial charge in [0.1, 0.15) is 5.70 Å². The maximum atomic E-state index is 12.8. The number of nitrogens with one attached hydrogen (secondary N) is 1. The molecule has 0 radical (unpaired) electrons. The summed E-state index contributed by atoms with van der Waals surface area (Å²) in [7, 11) is 0. The molecule has 3 aromatic carbocycles. The minimum Gasteiger partial charge on any atom is -0.327 e. The van der Waals surface area contributed by atoms with Crippen molar-refractivity contribution in [1.29, 1.82) is 0 Å². The molecule has 5 heteroatoms. The Hall–Kier alpha value is -2.69. The van der Waals surface area contributed by atoms with Gasteiger partial charge in [0, 0.05) is 5.02 Å². The van der Waals surface area contributed by atoms with Gasteiger partial charge in [0.2, 0.25) is 0 Å². The van der Waals surface area contributed by atoms with Gasteiger partial charge in [-0.25, -0.2) is 0 Å². The van der Waals surface area contributed by atoms with Crippen LogP contribution >= 0.6 is 23.8 Å². The monoisotopic (exact) mass is 364 g/mol. The van der Waals surface area contributed by atoms with Crippen molar-refractivity contribution in [2.75, 3.05) is 4.90 Å². The number of fused-ring (bicyclic) bond motifs is 1. The molecule has 0 aromatic heterocycles. The van der Waals surface area contributed by atoms with Crippen LogP contribution in [0.15, 0.2) is 72.4 Å². The summed E-state index contributed by atoms with van der Waals surface area (Å²) >= 11 is 11.4. The second-order valence-electron chi connectivity index (χ2n) is 5.68. The smallest absolute Gasteiger partial charge is 0.281 e. The maximum Gasteiger partial charge on any atom is 0.281 e. The number of nitrogens with zero attached hydrogens (tertiary/aromatic N) is 1. The zero-order valence-electron chi connectivity index (χ0n) is 13.1. The Morgan fingerprint density at radius 2 is 1.76 bits per heavy atom. The van der Waals surface area contributed by atoms with E-state index in [9.17, 15) is 4.79 Å². The first-order valence-corrected chi connectivity index (χ1v) is 8.52. The van der Waals surface area contributed by atoms with Crippen molar-refractivity contribution in [3.8, 4) is 0 Å². The Morgan fingerprint density at radius 3 is 2.60 bits per heavy atom. The number of halogens is 1. The van der Waals surface area contributed by atoms with Crippen LogP contribution in [0.4, 0.5) is 5.69 Å². The maximum absolute atomic E-state index is 12.8. The van der Waals surface area contributed by atoms with E-state index >= 15 is 0 Å². The fourth-order valence-electron chi connectivity index (χ4n) is 2.92. The molecule has 0 bridgehead atoms. The molecule has 3 aromatic rings. The molecule has 4 rings (SSSR count). The summed E-state index contributed by atoms with van der Waals surface area (Å²) in [4.78, 5) is 14.3. The Labute approximate surface area is 155 Å². The Morgan fingerprint density at radius 1 is 1.00 bits per heavy atom. The van der Waals surface area contributed by atoms with Crippen molar-refractivity contribution in [3.05, 3.63) is 83.0 Å². The standard InChI is InChI=1S/C20H13ClN2OS/c21-15-8-4-9-16(12-15)23-19(24)18(22-20(23)25)11-14-7-3-6-13-5-1-2-10-17(13)14/h1-12H,(H,22,25)/b18-11+. The van der Waals surface area contributed by atoms with Gasteiger partial charge in [0.15, 0.2) is 5.11 Å². The van der Waals surface area contributed by atoms with E-state index in [2.05, 4.69) is 5.32 Å². The van der Waals surface area contributed by atoms with Crippen LogP contribution in [0.1, 0.15) is 5.56 Å². The van der Waals surface area contributed by atoms with Crippen molar-refractivity contribution in [2.45, 2.75) is 0 Å². The molecule has 1 N–H and O–H groups in total. The molecule has 25 heavy (non-hydrogen) atoms. The topological polar surface area (TPSA) is 32.3 Å². The van der Waals surface area contributed by atoms with Crippen LogP contribution in [0.3, 0.4) is 0 Å². The third-order valence-electron chi connectivity index (χ3n) is 4.07. The van der Waals surface area contributed by atoms with Gasteiger partial charge in [-0.3, -0.25) is 9.69 Å². The van der Waals surface area contributed by atoms with Gasteiger partial charge in [-0.05, 0) is 52.8 Å². The van der Waals surface area contributed by atoms with Crippen LogP contribution in [-0.2, 0) is 4.79 Å². The molecule has 1 fully saturated rings. The predicted octanol–water partition coefficient (Wildman–Crippen LogP) is 4.76. The zero-order valence-corrected chi connectivity index (χ0v) is 14.6. The number of carbonyl (C=O) groups excluding carboxylic acids is 1. The van der Waals surface area contributed by atoms with Crippen LogP contribution in [-0.4, -0.2) is 11.0 Å². The van der Waals surface area contributed by atoms with E-state index in [1.165, 1.54) is 4.90 Å². The van der Waals surface area contributed by atoms with Crippen LogP contribution in [0.5, 0.6) is 0 Å². The van der Waals surface area contributed by atoms with E-state index in [-0.39, 0.29) is 5.91 Å². The largest absolute Gasteiger partial charge is 0.327 e. The highest BCUT2D eigenvalue weighted by Crippen LogP contribution is 2.26. The van der Waals surface area contributed by atoms with Gasteiger partial charge < -0.3 is 5.32 Å². The fraction of sp³-hybridized carbons (Fsp3) is 0. The van der Waals surface area contributed by atoms with Crippen molar-refractivity contribution < 1.29 is 4.79 Å². The first-order valence-electron chi connectivity index (χ1n) is 7.74. The number of amides is 1. The van der Waals surface area contributed by atoms with Crippen molar-refractivity contribution in [1.82, 2.24) is 5.32 Å². The highest BCUT2D eigenvalue weighted by Gasteiger charge is 2.32. The molecule has 1 saturated heterocycles. The lowest BCUT2D eigenvalue weighted by molar-refractivity contribution is -0.113. The van der Waals surface area contributed by atoms with E-state index in [1.54, 1.807) is 24.3 Å². The first-order chi connectivity index (χ1) is 12.1. The molecule has 1 amide bonds. The third-order valence-corrected chi connectivity index (χ3v) is 4.59. The summed E-state index contributed by atoms with van der Waals surface area (Å²) < 4.78 is 0. The number of benzene rings is 3. The van der Waals surface area contributed by atoms with Gasteiger partial charge in [-0.2, -0.15) is 0 Å². The summed E-state index contributed by atoms with van der Waals surface area (Å²) in [5.74, 6) is -0.194. The summed E-state index contributed by atoms with van der Waals surface area (Å²) in [6.07, 6.45) is 1.83. The van der Waals surface area contributed by atoms with Gasteiger partial charge in [-0.15, -0.1) is 0 Å². The lowest BCUT2D eigenvalue weighted by atomic mass is 10.0. The van der Waals surface area contributed by atoms with Gasteiger partial charge >= 0.3 is 0 Å². The number of rotatable bonds is 2. The van der Waals surface area contributed by atoms with E-state index in [0.29, 0.717) is 21.5 Å². The number of hydrogen-bond acceptors (Lipinski definition) is 2. The molecular formula is C20H13ClN2OS.